The number of anilines is 2. The summed E-state index contributed by atoms with van der Waals surface area (Å²) in [4.78, 5) is 22.8. The van der Waals surface area contributed by atoms with Gasteiger partial charge in [0.15, 0.2) is 0 Å². The van der Waals surface area contributed by atoms with E-state index < -0.39 is 0 Å². The van der Waals surface area contributed by atoms with Gasteiger partial charge in [0, 0.05) is 7.14 Å². The van der Waals surface area contributed by atoms with Crippen molar-refractivity contribution in [2.45, 2.75) is 0 Å². The summed E-state index contributed by atoms with van der Waals surface area (Å²) >= 11 is 6.34. The van der Waals surface area contributed by atoms with Crippen LogP contribution < -0.4 is 10.6 Å². The topological polar surface area (TPSA) is 58.2 Å². The number of rotatable bonds is 4. The van der Waals surface area contributed by atoms with Crippen molar-refractivity contribution in [3.8, 4) is 0 Å². The summed E-state index contributed by atoms with van der Waals surface area (Å²) in [7, 11) is 0. The van der Waals surface area contributed by atoms with Crippen molar-refractivity contribution in [2.75, 3.05) is 10.6 Å². The molecule has 1 rings (SSSR count). The lowest BCUT2D eigenvalue weighted by Crippen LogP contribution is -2.15. The number of carbonyl (C=O) groups is 2. The van der Waals surface area contributed by atoms with Crippen LogP contribution in [-0.2, 0) is 9.59 Å². The first-order chi connectivity index (χ1) is 8.90. The molecular weight excluding hydrogens is 585 g/mol. The molecule has 0 aliphatic carbocycles. The van der Waals surface area contributed by atoms with Gasteiger partial charge in [-0.15, -0.1) is 0 Å². The highest BCUT2D eigenvalue weighted by Crippen LogP contribution is 2.35. The molecule has 0 atom stereocenters. The van der Waals surface area contributed by atoms with Crippen LogP contribution in [0.5, 0.6) is 0 Å². The molecule has 0 saturated carbocycles. The zero-order valence-corrected chi connectivity index (χ0v) is 16.1. The molecule has 0 heterocycles. The normalized spacial score (nSPS) is 9.63. The third-order valence-corrected chi connectivity index (χ3v) is 4.82. The Labute approximate surface area is 151 Å². The molecule has 7 heteroatoms. The minimum atomic E-state index is -0.293. The molecule has 1 aromatic carbocycles. The van der Waals surface area contributed by atoms with Crippen molar-refractivity contribution in [3.63, 3.8) is 0 Å². The van der Waals surface area contributed by atoms with Crippen LogP contribution in [0.4, 0.5) is 11.4 Å². The second-order valence-electron chi connectivity index (χ2n) is 3.29. The summed E-state index contributed by atoms with van der Waals surface area (Å²) < 4.78 is 2.54. The molecule has 0 fully saturated rings. The standard InChI is InChI=1S/C12H9I3N2O2/c1-3-8(18)16-11-6(13)5-7(14)12(10(11)15)17-9(19)4-2/h3-5H,1-2H2,(H,16,18)(H,17,19). The van der Waals surface area contributed by atoms with Crippen LogP contribution in [0, 0.1) is 10.7 Å². The lowest BCUT2D eigenvalue weighted by Gasteiger charge is -2.15. The first kappa shape index (κ1) is 16.9. The second-order valence-corrected chi connectivity index (χ2v) is 6.69. The average Bonchev–Trinajstić information content (AvgIpc) is 2.38. The minimum absolute atomic E-state index is 0.293. The second kappa shape index (κ2) is 7.57. The summed E-state index contributed by atoms with van der Waals surface area (Å²) in [5.74, 6) is -0.587. The summed E-state index contributed by atoms with van der Waals surface area (Å²) in [6.45, 7) is 6.83. The highest BCUT2D eigenvalue weighted by Gasteiger charge is 2.16. The molecule has 0 unspecified atom stereocenters. The molecule has 19 heavy (non-hydrogen) atoms. The van der Waals surface area contributed by atoms with Gasteiger partial charge < -0.3 is 10.6 Å². The molecule has 0 aliphatic heterocycles. The zero-order chi connectivity index (χ0) is 14.6. The third-order valence-electron chi connectivity index (χ3n) is 2.04. The van der Waals surface area contributed by atoms with E-state index in [2.05, 4.69) is 91.6 Å². The SMILES string of the molecule is C=CC(=O)Nc1c(I)cc(I)c(NC(=O)C=C)c1I. The van der Waals surface area contributed by atoms with E-state index in [4.69, 9.17) is 0 Å². The maximum atomic E-state index is 11.4. The van der Waals surface area contributed by atoms with Crippen LogP contribution in [0.3, 0.4) is 0 Å². The van der Waals surface area contributed by atoms with Gasteiger partial charge in [-0.25, -0.2) is 0 Å². The predicted octanol–water partition coefficient (Wildman–Crippen LogP) is 3.75. The number of halogens is 3. The Morgan fingerprint density at radius 3 is 1.63 bits per heavy atom. The molecule has 2 amide bonds. The summed E-state index contributed by atoms with van der Waals surface area (Å²) in [5, 5.41) is 5.47. The van der Waals surface area contributed by atoms with Crippen molar-refractivity contribution >= 4 is 91.0 Å². The van der Waals surface area contributed by atoms with E-state index in [1.807, 2.05) is 6.07 Å². The Hall–Kier alpha value is -0.170. The van der Waals surface area contributed by atoms with E-state index in [1.54, 1.807) is 0 Å². The fraction of sp³-hybridized carbons (Fsp3) is 0. The monoisotopic (exact) mass is 594 g/mol. The molecule has 0 saturated heterocycles. The zero-order valence-electron chi connectivity index (χ0n) is 9.60. The maximum absolute atomic E-state index is 11.4. The average molecular weight is 594 g/mol. The van der Waals surface area contributed by atoms with Crippen molar-refractivity contribution < 1.29 is 9.59 Å². The van der Waals surface area contributed by atoms with Gasteiger partial charge in [0.2, 0.25) is 11.8 Å². The lowest BCUT2D eigenvalue weighted by atomic mass is 10.2. The number of amides is 2. The Morgan fingerprint density at radius 2 is 1.32 bits per heavy atom. The van der Waals surface area contributed by atoms with Gasteiger partial charge in [0.25, 0.3) is 0 Å². The van der Waals surface area contributed by atoms with Gasteiger partial charge in [0.1, 0.15) is 0 Å². The molecule has 0 spiro atoms. The fourth-order valence-electron chi connectivity index (χ4n) is 1.17. The van der Waals surface area contributed by atoms with E-state index in [0.29, 0.717) is 11.4 Å². The Morgan fingerprint density at radius 1 is 0.947 bits per heavy atom. The molecule has 4 nitrogen and oxygen atoms in total. The van der Waals surface area contributed by atoms with Crippen LogP contribution in [-0.4, -0.2) is 11.8 Å². The lowest BCUT2D eigenvalue weighted by molar-refractivity contribution is -0.112. The van der Waals surface area contributed by atoms with E-state index in [9.17, 15) is 9.59 Å². The van der Waals surface area contributed by atoms with Crippen LogP contribution in [0.1, 0.15) is 0 Å². The number of benzene rings is 1. The van der Waals surface area contributed by atoms with E-state index in [0.717, 1.165) is 10.7 Å². The van der Waals surface area contributed by atoms with Crippen molar-refractivity contribution in [2.24, 2.45) is 0 Å². The number of carbonyl (C=O) groups excluding carboxylic acids is 2. The van der Waals surface area contributed by atoms with Crippen LogP contribution >= 0.6 is 67.8 Å². The van der Waals surface area contributed by atoms with Gasteiger partial charge in [-0.3, -0.25) is 9.59 Å². The summed E-state index contributed by atoms with van der Waals surface area (Å²) in [6.07, 6.45) is 2.40. The van der Waals surface area contributed by atoms with Crippen molar-refractivity contribution in [1.29, 1.82) is 0 Å². The van der Waals surface area contributed by atoms with Crippen LogP contribution in [0.25, 0.3) is 0 Å². The summed E-state index contributed by atoms with van der Waals surface area (Å²) in [5.41, 5.74) is 1.32. The highest BCUT2D eigenvalue weighted by molar-refractivity contribution is 14.1. The first-order valence-corrected chi connectivity index (χ1v) is 8.18. The molecule has 100 valence electrons. The van der Waals surface area contributed by atoms with Gasteiger partial charge in [-0.2, -0.15) is 0 Å². The summed E-state index contributed by atoms with van der Waals surface area (Å²) in [6, 6.07) is 1.88. The van der Waals surface area contributed by atoms with Crippen molar-refractivity contribution in [1.82, 2.24) is 0 Å². The van der Waals surface area contributed by atoms with Gasteiger partial charge in [-0.1, -0.05) is 13.2 Å². The molecule has 0 aliphatic rings. The first-order valence-electron chi connectivity index (χ1n) is 4.95. The van der Waals surface area contributed by atoms with E-state index in [-0.39, 0.29) is 11.8 Å². The molecule has 2 N–H and O–H groups in total. The van der Waals surface area contributed by atoms with Crippen LogP contribution in [0.15, 0.2) is 31.4 Å². The Balaban J connectivity index is 3.29. The quantitative estimate of drug-likeness (QED) is 0.413. The Bertz CT molecular complexity index is 524. The van der Waals surface area contributed by atoms with E-state index in [1.165, 1.54) is 12.2 Å². The van der Waals surface area contributed by atoms with Gasteiger partial charge >= 0.3 is 0 Å². The fourth-order valence-corrected chi connectivity index (χ4v) is 5.08. The molecule has 1 aromatic rings. The molecule has 0 bridgehead atoms. The number of nitrogens with one attached hydrogen (secondary N) is 2. The number of hydrogen-bond donors (Lipinski definition) is 2. The van der Waals surface area contributed by atoms with Gasteiger partial charge in [-0.05, 0) is 86.0 Å². The highest BCUT2D eigenvalue weighted by atomic mass is 127. The predicted molar refractivity (Wildman–Crippen MR) is 102 cm³/mol. The molecular formula is C12H9I3N2O2. The smallest absolute Gasteiger partial charge is 0.247 e. The molecule has 0 aromatic heterocycles. The Kier molecular flexibility index (Phi) is 6.73. The van der Waals surface area contributed by atoms with Gasteiger partial charge in [0.05, 0.1) is 14.9 Å². The number of hydrogen-bond acceptors (Lipinski definition) is 2. The largest absolute Gasteiger partial charge is 0.321 e. The minimum Gasteiger partial charge on any atom is -0.321 e. The van der Waals surface area contributed by atoms with Crippen LogP contribution in [0.2, 0.25) is 0 Å². The third kappa shape index (κ3) is 4.41. The molecule has 0 radical (unpaired) electrons. The van der Waals surface area contributed by atoms with E-state index >= 15 is 0 Å². The van der Waals surface area contributed by atoms with Crippen molar-refractivity contribution in [3.05, 3.63) is 42.1 Å². The maximum Gasteiger partial charge on any atom is 0.247 e.